The minimum Gasteiger partial charge on any atom is -0.459 e. The summed E-state index contributed by atoms with van der Waals surface area (Å²) in [6.07, 6.45) is 0. The van der Waals surface area contributed by atoms with Gasteiger partial charge in [0.15, 0.2) is 0 Å². The monoisotopic (exact) mass is 655 g/mol. The number of nitrogens with zero attached hydrogens (tertiary/aromatic N) is 5. The molecule has 0 aromatic heterocycles. The van der Waals surface area contributed by atoms with E-state index in [0.717, 1.165) is 19.6 Å². The van der Waals surface area contributed by atoms with Crippen molar-refractivity contribution in [1.82, 2.24) is 24.5 Å². The maximum atomic E-state index is 13.7. The molecule has 1 saturated heterocycles. The van der Waals surface area contributed by atoms with Gasteiger partial charge in [-0.3, -0.25) is 33.9 Å². The van der Waals surface area contributed by atoms with Crippen LogP contribution in [0.1, 0.15) is 83.1 Å². The Labute approximate surface area is 279 Å². The molecule has 0 unspecified atom stereocenters. The first-order chi connectivity index (χ1) is 21.0. The first-order valence-corrected chi connectivity index (χ1v) is 16.9. The number of hydrogen-bond acceptors (Lipinski definition) is 11. The maximum absolute atomic E-state index is 13.7. The molecular formula is C34H65N5O7. The number of ether oxygens (including phenoxy) is 3. The Morgan fingerprint density at radius 1 is 0.565 bits per heavy atom. The lowest BCUT2D eigenvalue weighted by atomic mass is 10.2. The zero-order valence-corrected chi connectivity index (χ0v) is 31.1. The highest BCUT2D eigenvalue weighted by atomic mass is 16.6. The summed E-state index contributed by atoms with van der Waals surface area (Å²) in [5, 5.41) is 0. The molecule has 0 aromatic carbocycles. The van der Waals surface area contributed by atoms with Gasteiger partial charge in [-0.05, 0) is 74.8 Å². The number of likely N-dealkylation sites (N-methyl/N-ethyl adjacent to an activating group) is 1. The molecule has 1 heterocycles. The third kappa shape index (κ3) is 20.1. The van der Waals surface area contributed by atoms with Gasteiger partial charge in [-0.2, -0.15) is 0 Å². The molecule has 0 radical (unpaired) electrons. The van der Waals surface area contributed by atoms with Crippen LogP contribution in [0.3, 0.4) is 0 Å². The topological polar surface area (TPSA) is 112 Å². The third-order valence-electron chi connectivity index (χ3n) is 6.96. The molecule has 268 valence electrons. The van der Waals surface area contributed by atoms with E-state index >= 15 is 0 Å². The summed E-state index contributed by atoms with van der Waals surface area (Å²) < 4.78 is 16.8. The van der Waals surface area contributed by atoms with Gasteiger partial charge in [0.05, 0.1) is 19.6 Å². The molecule has 0 aromatic rings. The third-order valence-corrected chi connectivity index (χ3v) is 6.96. The molecule has 0 atom stereocenters. The minimum atomic E-state index is -0.650. The zero-order chi connectivity index (χ0) is 35.3. The summed E-state index contributed by atoms with van der Waals surface area (Å²) in [6.45, 7) is 29.2. The number of hydrogen-bond donors (Lipinski definition) is 0. The van der Waals surface area contributed by atoms with Crippen LogP contribution >= 0.6 is 0 Å². The van der Waals surface area contributed by atoms with Gasteiger partial charge in [0.1, 0.15) is 23.3 Å². The highest BCUT2D eigenvalue weighted by Gasteiger charge is 2.27. The van der Waals surface area contributed by atoms with Crippen molar-refractivity contribution >= 4 is 23.8 Å². The van der Waals surface area contributed by atoms with Crippen LogP contribution in [0, 0.1) is 5.92 Å². The number of carbonyl (C=O) groups is 4. The van der Waals surface area contributed by atoms with Crippen molar-refractivity contribution in [2.24, 2.45) is 5.92 Å². The van der Waals surface area contributed by atoms with Crippen molar-refractivity contribution < 1.29 is 33.4 Å². The van der Waals surface area contributed by atoms with Crippen LogP contribution in [-0.4, -0.2) is 157 Å². The lowest BCUT2D eigenvalue weighted by Crippen LogP contribution is -2.51. The second-order valence-electron chi connectivity index (χ2n) is 15.7. The molecular weight excluding hydrogens is 590 g/mol. The number of amides is 1. The van der Waals surface area contributed by atoms with Crippen LogP contribution in [0.25, 0.3) is 0 Å². The molecule has 1 aliphatic rings. The van der Waals surface area contributed by atoms with Crippen molar-refractivity contribution in [3.05, 3.63) is 0 Å². The van der Waals surface area contributed by atoms with E-state index < -0.39 is 22.8 Å². The molecule has 46 heavy (non-hydrogen) atoms. The number of esters is 3. The summed E-state index contributed by atoms with van der Waals surface area (Å²) in [4.78, 5) is 62.2. The Morgan fingerprint density at radius 3 is 1.22 bits per heavy atom. The summed E-state index contributed by atoms with van der Waals surface area (Å²) in [6, 6.07) is 0. The Hall–Kier alpha value is -2.28. The van der Waals surface area contributed by atoms with E-state index in [1.165, 1.54) is 0 Å². The summed E-state index contributed by atoms with van der Waals surface area (Å²) >= 11 is 0. The van der Waals surface area contributed by atoms with E-state index in [2.05, 4.69) is 21.6 Å². The molecule has 12 nitrogen and oxygen atoms in total. The van der Waals surface area contributed by atoms with E-state index in [1.54, 1.807) is 4.90 Å². The van der Waals surface area contributed by atoms with Crippen molar-refractivity contribution in [1.29, 1.82) is 0 Å². The molecule has 1 rings (SSSR count). The van der Waals surface area contributed by atoms with Gasteiger partial charge in [-0.15, -0.1) is 0 Å². The van der Waals surface area contributed by atoms with Crippen LogP contribution in [-0.2, 0) is 33.4 Å². The van der Waals surface area contributed by atoms with Gasteiger partial charge in [0, 0.05) is 58.9 Å². The molecule has 0 spiro atoms. The van der Waals surface area contributed by atoms with Gasteiger partial charge >= 0.3 is 17.9 Å². The summed E-state index contributed by atoms with van der Waals surface area (Å²) in [5.74, 6) is -1.01. The minimum absolute atomic E-state index is 0.0944. The maximum Gasteiger partial charge on any atom is 0.326 e. The second kappa shape index (κ2) is 18.9. The molecule has 1 amide bonds. The van der Waals surface area contributed by atoms with Crippen LogP contribution in [0.15, 0.2) is 0 Å². The van der Waals surface area contributed by atoms with E-state index in [4.69, 9.17) is 14.2 Å². The summed E-state index contributed by atoms with van der Waals surface area (Å²) in [7, 11) is 0. The SMILES string of the molecule is CCN1CCN(CC(=O)OC(C)(C)C)CCN(CC(=O)N(CC(=O)OC(C)(C)C)CC(C)C)CCN(CC(=O)OC(C)(C)C)CC1. The molecule has 0 bridgehead atoms. The molecule has 12 heteroatoms. The van der Waals surface area contributed by atoms with Crippen molar-refractivity contribution in [3.63, 3.8) is 0 Å². The normalized spacial score (nSPS) is 17.6. The zero-order valence-electron chi connectivity index (χ0n) is 31.1. The Balaban J connectivity index is 3.23. The quantitative estimate of drug-likeness (QED) is 0.242. The van der Waals surface area contributed by atoms with Gasteiger partial charge in [-0.25, -0.2) is 0 Å². The number of carbonyl (C=O) groups excluding carboxylic acids is 4. The average Bonchev–Trinajstić information content (AvgIpc) is 2.84. The Morgan fingerprint density at radius 2 is 0.891 bits per heavy atom. The molecule has 0 saturated carbocycles. The first kappa shape index (κ1) is 41.7. The first-order valence-electron chi connectivity index (χ1n) is 16.9. The highest BCUT2D eigenvalue weighted by Crippen LogP contribution is 2.12. The summed E-state index contributed by atoms with van der Waals surface area (Å²) in [5.41, 5.74) is -1.81. The van der Waals surface area contributed by atoms with Gasteiger partial charge < -0.3 is 24.0 Å². The molecule has 1 aliphatic heterocycles. The van der Waals surface area contributed by atoms with Gasteiger partial charge in [-0.1, -0.05) is 20.8 Å². The molecule has 1 fully saturated rings. The largest absolute Gasteiger partial charge is 0.459 e. The van der Waals surface area contributed by atoms with Gasteiger partial charge in [0.2, 0.25) is 5.91 Å². The Kier molecular flexibility index (Phi) is 17.2. The van der Waals surface area contributed by atoms with Gasteiger partial charge in [0.25, 0.3) is 0 Å². The fourth-order valence-corrected chi connectivity index (χ4v) is 5.00. The lowest BCUT2D eigenvalue weighted by molar-refractivity contribution is -0.159. The molecule has 0 N–H and O–H groups in total. The van der Waals surface area contributed by atoms with E-state index in [9.17, 15) is 19.2 Å². The number of rotatable bonds is 11. The lowest BCUT2D eigenvalue weighted by Gasteiger charge is -2.34. The van der Waals surface area contributed by atoms with Crippen molar-refractivity contribution in [2.75, 3.05) is 91.6 Å². The Bertz CT molecular complexity index is 922. The van der Waals surface area contributed by atoms with Crippen LogP contribution < -0.4 is 0 Å². The predicted molar refractivity (Wildman–Crippen MR) is 180 cm³/mol. The average molecular weight is 656 g/mol. The molecule has 0 aliphatic carbocycles. The van der Waals surface area contributed by atoms with Crippen LogP contribution in [0.5, 0.6) is 0 Å². The fraction of sp³-hybridized carbons (Fsp3) is 0.882. The van der Waals surface area contributed by atoms with Crippen LogP contribution in [0.2, 0.25) is 0 Å². The van der Waals surface area contributed by atoms with Crippen molar-refractivity contribution in [3.8, 4) is 0 Å². The smallest absolute Gasteiger partial charge is 0.326 e. The predicted octanol–water partition coefficient (Wildman–Crippen LogP) is 2.74. The van der Waals surface area contributed by atoms with Crippen molar-refractivity contribution in [2.45, 2.75) is 99.9 Å². The standard InChI is InChI=1S/C34H65N5O7/c1-13-35-14-16-37(24-29(41)44-32(4,5)6)20-18-36(19-21-38(17-15-35)25-30(42)45-33(7,8)9)23-28(40)39(22-27(2)3)26-31(43)46-34(10,11)12/h27H,13-26H2,1-12H3. The second-order valence-corrected chi connectivity index (χ2v) is 15.7. The van der Waals surface area contributed by atoms with E-state index in [-0.39, 0.29) is 49.9 Å². The van der Waals surface area contributed by atoms with Crippen LogP contribution in [0.4, 0.5) is 0 Å². The fourth-order valence-electron chi connectivity index (χ4n) is 5.00. The highest BCUT2D eigenvalue weighted by molar-refractivity contribution is 5.83. The van der Waals surface area contributed by atoms with E-state index in [0.29, 0.717) is 45.8 Å². The van der Waals surface area contributed by atoms with E-state index in [1.807, 2.05) is 81.1 Å².